The van der Waals surface area contributed by atoms with Gasteiger partial charge >= 0.3 is 0 Å². The number of anilines is 3. The van der Waals surface area contributed by atoms with Crippen molar-refractivity contribution in [2.24, 2.45) is 0 Å². The SMILES string of the molecule is CN1CCN(c2ccc(C(=O)Nc3n[nH]c4cc(-c5ccc(O)cc5)c(Cc5cccc(Cl)c5Cl)cc34)c(NC3CCOCC3)c2)CC1. The maximum absolute atomic E-state index is 14.0. The van der Waals surface area contributed by atoms with E-state index in [1.807, 2.05) is 48.5 Å². The Bertz CT molecular complexity index is 1930. The highest BCUT2D eigenvalue weighted by atomic mass is 35.5. The van der Waals surface area contributed by atoms with Gasteiger partial charge in [-0.1, -0.05) is 47.5 Å². The molecule has 0 bridgehead atoms. The number of aromatic amines is 1. The van der Waals surface area contributed by atoms with Crippen LogP contribution in [0.15, 0.2) is 72.8 Å². The van der Waals surface area contributed by atoms with Gasteiger partial charge in [-0.25, -0.2) is 0 Å². The van der Waals surface area contributed by atoms with Crippen molar-refractivity contribution in [1.29, 1.82) is 0 Å². The molecule has 0 saturated carbocycles. The maximum Gasteiger partial charge on any atom is 0.258 e. The number of nitrogens with zero attached hydrogens (tertiary/aromatic N) is 3. The third-order valence-electron chi connectivity index (χ3n) is 9.31. The normalized spacial score (nSPS) is 15.9. The highest BCUT2D eigenvalue weighted by Gasteiger charge is 2.23. The smallest absolute Gasteiger partial charge is 0.258 e. The first-order valence-electron chi connectivity index (χ1n) is 16.3. The Balaban J connectivity index is 1.23. The van der Waals surface area contributed by atoms with Gasteiger partial charge in [0.15, 0.2) is 5.82 Å². The molecule has 2 aliphatic rings. The minimum Gasteiger partial charge on any atom is -0.508 e. The number of rotatable bonds is 8. The van der Waals surface area contributed by atoms with E-state index in [2.05, 4.69) is 43.7 Å². The highest BCUT2D eigenvalue weighted by Crippen LogP contribution is 2.36. The zero-order chi connectivity index (χ0) is 33.2. The number of carbonyl (C=O) groups is 1. The monoisotopic (exact) mass is 684 g/mol. The number of carbonyl (C=O) groups excluding carboxylic acids is 1. The number of piperazine rings is 1. The zero-order valence-corrected chi connectivity index (χ0v) is 28.2. The third-order valence-corrected chi connectivity index (χ3v) is 10.2. The lowest BCUT2D eigenvalue weighted by atomic mass is 9.93. The number of benzene rings is 4. The largest absolute Gasteiger partial charge is 0.508 e. The van der Waals surface area contributed by atoms with Crippen LogP contribution in [-0.4, -0.2) is 78.6 Å². The molecule has 2 fully saturated rings. The fraction of sp³-hybridized carbons (Fsp3) is 0.297. The van der Waals surface area contributed by atoms with Crippen LogP contribution >= 0.6 is 23.2 Å². The molecule has 0 atom stereocenters. The Hall–Kier alpha value is -4.28. The third kappa shape index (κ3) is 6.96. The van der Waals surface area contributed by atoms with Crippen molar-refractivity contribution in [1.82, 2.24) is 15.1 Å². The van der Waals surface area contributed by atoms with Gasteiger partial charge in [-0.3, -0.25) is 9.89 Å². The molecule has 1 amide bonds. The number of ether oxygens (including phenoxy) is 1. The molecule has 2 aliphatic heterocycles. The van der Waals surface area contributed by atoms with E-state index in [9.17, 15) is 9.90 Å². The van der Waals surface area contributed by atoms with Crippen LogP contribution < -0.4 is 15.5 Å². The van der Waals surface area contributed by atoms with Gasteiger partial charge in [-0.05, 0) is 97.1 Å². The van der Waals surface area contributed by atoms with E-state index in [4.69, 9.17) is 27.9 Å². The van der Waals surface area contributed by atoms with Crippen LogP contribution in [-0.2, 0) is 11.2 Å². The van der Waals surface area contributed by atoms with E-state index < -0.39 is 0 Å². The van der Waals surface area contributed by atoms with Gasteiger partial charge in [0.1, 0.15) is 5.75 Å². The molecule has 4 N–H and O–H groups in total. The summed E-state index contributed by atoms with van der Waals surface area (Å²) in [6, 6.07) is 23.0. The van der Waals surface area contributed by atoms with Gasteiger partial charge in [0, 0.05) is 62.2 Å². The van der Waals surface area contributed by atoms with Crippen molar-refractivity contribution < 1.29 is 14.6 Å². The van der Waals surface area contributed by atoms with Crippen LogP contribution in [0, 0.1) is 0 Å². The summed E-state index contributed by atoms with van der Waals surface area (Å²) in [6.45, 7) is 5.27. The summed E-state index contributed by atoms with van der Waals surface area (Å²) in [5, 5.41) is 26.1. The van der Waals surface area contributed by atoms with Crippen molar-refractivity contribution in [2.75, 3.05) is 62.0 Å². The number of halogens is 2. The molecule has 0 radical (unpaired) electrons. The van der Waals surface area contributed by atoms with Crippen LogP contribution in [0.2, 0.25) is 10.0 Å². The van der Waals surface area contributed by atoms with Crippen LogP contribution in [0.3, 0.4) is 0 Å². The number of aromatic nitrogens is 2. The second-order valence-electron chi connectivity index (χ2n) is 12.6. The summed E-state index contributed by atoms with van der Waals surface area (Å²) in [6.07, 6.45) is 2.26. The summed E-state index contributed by atoms with van der Waals surface area (Å²) in [5.41, 5.74) is 6.94. The lowest BCUT2D eigenvalue weighted by Crippen LogP contribution is -2.44. The molecule has 2 saturated heterocycles. The molecule has 11 heteroatoms. The summed E-state index contributed by atoms with van der Waals surface area (Å²) < 4.78 is 5.59. The Morgan fingerprint density at radius 1 is 0.979 bits per heavy atom. The summed E-state index contributed by atoms with van der Waals surface area (Å²) in [7, 11) is 2.14. The van der Waals surface area contributed by atoms with Crippen molar-refractivity contribution >= 4 is 57.2 Å². The Labute approximate surface area is 289 Å². The second kappa shape index (κ2) is 14.1. The minimum absolute atomic E-state index is 0.188. The summed E-state index contributed by atoms with van der Waals surface area (Å²) in [5.74, 6) is 0.379. The first-order chi connectivity index (χ1) is 23.3. The molecular formula is C37H38Cl2N6O3. The topological polar surface area (TPSA) is 106 Å². The predicted molar refractivity (Wildman–Crippen MR) is 194 cm³/mol. The predicted octanol–water partition coefficient (Wildman–Crippen LogP) is 7.43. The number of amides is 1. The number of hydrogen-bond acceptors (Lipinski definition) is 7. The Morgan fingerprint density at radius 2 is 1.75 bits per heavy atom. The average molecular weight is 686 g/mol. The molecule has 48 heavy (non-hydrogen) atoms. The first kappa shape index (κ1) is 32.3. The van der Waals surface area contributed by atoms with E-state index in [0.717, 1.165) is 83.6 Å². The standard InChI is InChI=1S/C37H38Cl2N6O3/c1-44-13-15-45(16-14-44)27-7-10-29(33(21-27)40-26-11-17-48-18-12-26)37(47)41-36-31-20-25(19-24-3-2-4-32(38)35(24)39)30(22-34(31)42-43-36)23-5-8-28(46)9-6-23/h2-10,20-22,26,40,46H,11-19H2,1H3,(H2,41,42,43,47). The van der Waals surface area contributed by atoms with Crippen LogP contribution in [0.1, 0.15) is 34.3 Å². The first-order valence-corrected chi connectivity index (χ1v) is 17.0. The molecule has 5 aromatic rings. The van der Waals surface area contributed by atoms with E-state index in [0.29, 0.717) is 41.1 Å². The molecule has 0 spiro atoms. The van der Waals surface area contributed by atoms with Crippen LogP contribution in [0.4, 0.5) is 17.2 Å². The zero-order valence-electron chi connectivity index (χ0n) is 26.7. The number of aromatic hydroxyl groups is 1. The van der Waals surface area contributed by atoms with Gasteiger partial charge in [0.05, 0.1) is 21.1 Å². The molecule has 9 nitrogen and oxygen atoms in total. The molecule has 4 aromatic carbocycles. The van der Waals surface area contributed by atoms with Gasteiger partial charge in [-0.2, -0.15) is 5.10 Å². The number of phenols is 1. The molecule has 0 unspecified atom stereocenters. The number of fused-ring (bicyclic) bond motifs is 1. The molecule has 7 rings (SSSR count). The Kier molecular flexibility index (Phi) is 9.45. The van der Waals surface area contributed by atoms with E-state index in [1.54, 1.807) is 18.2 Å². The Morgan fingerprint density at radius 3 is 2.52 bits per heavy atom. The quantitative estimate of drug-likeness (QED) is 0.135. The molecule has 3 heterocycles. The number of nitrogens with one attached hydrogen (secondary N) is 3. The number of hydrogen-bond donors (Lipinski definition) is 4. The van der Waals surface area contributed by atoms with Gasteiger partial charge < -0.3 is 30.3 Å². The fourth-order valence-corrected chi connectivity index (χ4v) is 6.89. The van der Waals surface area contributed by atoms with Crippen molar-refractivity contribution in [3.05, 3.63) is 99.5 Å². The van der Waals surface area contributed by atoms with Crippen LogP contribution in [0.25, 0.3) is 22.0 Å². The van der Waals surface area contributed by atoms with Crippen molar-refractivity contribution in [3.8, 4) is 16.9 Å². The minimum atomic E-state index is -0.245. The summed E-state index contributed by atoms with van der Waals surface area (Å²) in [4.78, 5) is 18.7. The van der Waals surface area contributed by atoms with Gasteiger partial charge in [0.2, 0.25) is 0 Å². The van der Waals surface area contributed by atoms with E-state index >= 15 is 0 Å². The van der Waals surface area contributed by atoms with Crippen molar-refractivity contribution in [3.63, 3.8) is 0 Å². The maximum atomic E-state index is 14.0. The molecule has 0 aliphatic carbocycles. The van der Waals surface area contributed by atoms with E-state index in [1.165, 1.54) is 0 Å². The molecule has 248 valence electrons. The lowest BCUT2D eigenvalue weighted by molar-refractivity contribution is 0.0904. The van der Waals surface area contributed by atoms with Crippen LogP contribution in [0.5, 0.6) is 5.75 Å². The van der Waals surface area contributed by atoms with Crippen molar-refractivity contribution in [2.45, 2.75) is 25.3 Å². The number of H-pyrrole nitrogens is 1. The lowest BCUT2D eigenvalue weighted by Gasteiger charge is -2.34. The number of likely N-dealkylation sites (N-methyl/N-ethyl adjacent to an activating group) is 1. The fourth-order valence-electron chi connectivity index (χ4n) is 6.50. The number of phenolic OH excluding ortho intramolecular Hbond substituents is 1. The van der Waals surface area contributed by atoms with Gasteiger partial charge in [-0.15, -0.1) is 0 Å². The molecular weight excluding hydrogens is 647 g/mol. The van der Waals surface area contributed by atoms with Gasteiger partial charge in [0.25, 0.3) is 5.91 Å². The average Bonchev–Trinajstić information content (AvgIpc) is 3.48. The highest BCUT2D eigenvalue weighted by molar-refractivity contribution is 6.42. The second-order valence-corrected chi connectivity index (χ2v) is 13.4. The molecule has 1 aromatic heterocycles. The summed E-state index contributed by atoms with van der Waals surface area (Å²) >= 11 is 13.0. The van der Waals surface area contributed by atoms with E-state index in [-0.39, 0.29) is 17.7 Å².